The van der Waals surface area contributed by atoms with Gasteiger partial charge in [0, 0.05) is 31.5 Å². The molecule has 0 bridgehead atoms. The summed E-state index contributed by atoms with van der Waals surface area (Å²) in [5, 5.41) is 0. The van der Waals surface area contributed by atoms with Crippen LogP contribution in [0, 0.1) is 12.8 Å². The van der Waals surface area contributed by atoms with Crippen molar-refractivity contribution in [2.24, 2.45) is 11.7 Å². The Balaban J connectivity index is 1.95. The van der Waals surface area contributed by atoms with Gasteiger partial charge in [0.1, 0.15) is 11.2 Å². The summed E-state index contributed by atoms with van der Waals surface area (Å²) >= 11 is 0. The molecule has 0 aliphatic carbocycles. The van der Waals surface area contributed by atoms with Crippen LogP contribution in [0.1, 0.15) is 35.7 Å². The summed E-state index contributed by atoms with van der Waals surface area (Å²) in [5.74, 6) is 0.0369. The van der Waals surface area contributed by atoms with Crippen LogP contribution in [0.5, 0.6) is 0 Å². The second-order valence-electron chi connectivity index (χ2n) is 6.42. The van der Waals surface area contributed by atoms with E-state index in [4.69, 9.17) is 5.73 Å². The number of hydrogen-bond acceptors (Lipinski definition) is 4. The lowest BCUT2D eigenvalue weighted by Gasteiger charge is -2.34. The summed E-state index contributed by atoms with van der Waals surface area (Å²) in [6.45, 7) is 5.14. The summed E-state index contributed by atoms with van der Waals surface area (Å²) < 4.78 is 1.44. The van der Waals surface area contributed by atoms with Crippen LogP contribution in [0.3, 0.4) is 0 Å². The lowest BCUT2D eigenvalue weighted by Crippen LogP contribution is -2.46. The number of aryl methyl sites for hydroxylation is 1. The molecular weight excluding hydrogens is 292 g/mol. The standard InChI is InChI=1S/C17H22N4O2/c1-11-5-6-15-19-8-14(17(23)21(15)9-11)16(22)20-7-3-4-13(10-20)12(2)18/h5-6,8-9,12-13H,3-4,7,10,18H2,1-2H3. The molecule has 2 aromatic heterocycles. The molecule has 0 saturated carbocycles. The Labute approximate surface area is 134 Å². The van der Waals surface area contributed by atoms with Crippen molar-refractivity contribution >= 4 is 11.6 Å². The fourth-order valence-corrected chi connectivity index (χ4v) is 3.12. The summed E-state index contributed by atoms with van der Waals surface area (Å²) in [6, 6.07) is 3.71. The summed E-state index contributed by atoms with van der Waals surface area (Å²) in [4.78, 5) is 31.4. The average molecular weight is 314 g/mol. The highest BCUT2D eigenvalue weighted by Gasteiger charge is 2.28. The van der Waals surface area contributed by atoms with Crippen LogP contribution in [0.4, 0.5) is 0 Å². The van der Waals surface area contributed by atoms with Gasteiger partial charge < -0.3 is 10.6 Å². The molecule has 23 heavy (non-hydrogen) atoms. The van der Waals surface area contributed by atoms with E-state index in [9.17, 15) is 9.59 Å². The third-order valence-electron chi connectivity index (χ3n) is 4.57. The van der Waals surface area contributed by atoms with Crippen LogP contribution in [0.25, 0.3) is 5.65 Å². The highest BCUT2D eigenvalue weighted by Crippen LogP contribution is 2.20. The fraction of sp³-hybridized carbons (Fsp3) is 0.471. The quantitative estimate of drug-likeness (QED) is 0.903. The third kappa shape index (κ3) is 2.99. The monoisotopic (exact) mass is 314 g/mol. The lowest BCUT2D eigenvalue weighted by atomic mass is 9.92. The van der Waals surface area contributed by atoms with Crippen molar-refractivity contribution in [1.82, 2.24) is 14.3 Å². The number of piperidine rings is 1. The lowest BCUT2D eigenvalue weighted by molar-refractivity contribution is 0.0658. The zero-order chi connectivity index (χ0) is 16.6. The van der Waals surface area contributed by atoms with E-state index in [1.54, 1.807) is 17.2 Å². The normalized spacial score (nSPS) is 19.8. The second-order valence-corrected chi connectivity index (χ2v) is 6.42. The van der Waals surface area contributed by atoms with Gasteiger partial charge in [0.05, 0.1) is 0 Å². The van der Waals surface area contributed by atoms with Crippen molar-refractivity contribution in [3.63, 3.8) is 0 Å². The molecule has 2 aromatic rings. The van der Waals surface area contributed by atoms with Crippen LogP contribution < -0.4 is 11.3 Å². The maximum absolute atomic E-state index is 12.7. The van der Waals surface area contributed by atoms with Crippen molar-refractivity contribution in [2.45, 2.75) is 32.7 Å². The third-order valence-corrected chi connectivity index (χ3v) is 4.57. The smallest absolute Gasteiger partial charge is 0.270 e. The zero-order valence-corrected chi connectivity index (χ0v) is 13.5. The van der Waals surface area contributed by atoms with Crippen LogP contribution >= 0.6 is 0 Å². The number of carbonyl (C=O) groups is 1. The van der Waals surface area contributed by atoms with Gasteiger partial charge in [-0.15, -0.1) is 0 Å². The molecule has 2 N–H and O–H groups in total. The number of carbonyl (C=O) groups excluding carboxylic acids is 1. The maximum Gasteiger partial charge on any atom is 0.270 e. The molecule has 0 aromatic carbocycles. The van der Waals surface area contributed by atoms with E-state index in [1.165, 1.54) is 10.6 Å². The average Bonchev–Trinajstić information content (AvgIpc) is 2.55. The Hall–Kier alpha value is -2.21. The number of nitrogens with two attached hydrogens (primary N) is 1. The second kappa shape index (κ2) is 6.12. The molecule has 0 spiro atoms. The minimum Gasteiger partial charge on any atom is -0.338 e. The molecule has 1 fully saturated rings. The van der Waals surface area contributed by atoms with Gasteiger partial charge in [0.25, 0.3) is 11.5 Å². The minimum atomic E-state index is -0.313. The highest BCUT2D eigenvalue weighted by molar-refractivity contribution is 5.93. The van der Waals surface area contributed by atoms with E-state index < -0.39 is 0 Å². The summed E-state index contributed by atoms with van der Waals surface area (Å²) in [6.07, 6.45) is 5.04. The van der Waals surface area contributed by atoms with Crippen molar-refractivity contribution in [2.75, 3.05) is 13.1 Å². The predicted molar refractivity (Wildman–Crippen MR) is 88.5 cm³/mol. The first-order valence-corrected chi connectivity index (χ1v) is 8.00. The Bertz CT molecular complexity index is 797. The highest BCUT2D eigenvalue weighted by atomic mass is 16.2. The molecule has 122 valence electrons. The van der Waals surface area contributed by atoms with Crippen LogP contribution in [-0.2, 0) is 0 Å². The van der Waals surface area contributed by atoms with Crippen molar-refractivity contribution in [3.05, 3.63) is 46.0 Å². The largest absolute Gasteiger partial charge is 0.338 e. The molecule has 0 radical (unpaired) electrons. The number of rotatable bonds is 2. The van der Waals surface area contributed by atoms with Gasteiger partial charge >= 0.3 is 0 Å². The summed E-state index contributed by atoms with van der Waals surface area (Å²) in [7, 11) is 0. The summed E-state index contributed by atoms with van der Waals surface area (Å²) in [5.41, 5.74) is 7.27. The maximum atomic E-state index is 12.7. The number of pyridine rings is 1. The molecule has 6 nitrogen and oxygen atoms in total. The van der Waals surface area contributed by atoms with E-state index in [0.29, 0.717) is 18.7 Å². The molecule has 2 atom stereocenters. The number of fused-ring (bicyclic) bond motifs is 1. The van der Waals surface area contributed by atoms with Gasteiger partial charge in [0.2, 0.25) is 0 Å². The van der Waals surface area contributed by atoms with Gasteiger partial charge in [-0.3, -0.25) is 14.0 Å². The zero-order valence-electron chi connectivity index (χ0n) is 13.5. The molecule has 1 aliphatic rings. The number of amides is 1. The first-order valence-electron chi connectivity index (χ1n) is 8.00. The van der Waals surface area contributed by atoms with Gasteiger partial charge in [-0.1, -0.05) is 6.07 Å². The Morgan fingerprint density at radius 1 is 1.43 bits per heavy atom. The molecule has 2 unspecified atom stereocenters. The first kappa shape index (κ1) is 15.7. The Kier molecular flexibility index (Phi) is 4.17. The van der Waals surface area contributed by atoms with E-state index in [0.717, 1.165) is 18.4 Å². The predicted octanol–water partition coefficient (Wildman–Crippen LogP) is 1.20. The number of likely N-dealkylation sites (tertiary alicyclic amines) is 1. The number of nitrogens with zero attached hydrogens (tertiary/aromatic N) is 3. The van der Waals surface area contributed by atoms with Crippen molar-refractivity contribution in [3.8, 4) is 0 Å². The minimum absolute atomic E-state index is 0.0454. The first-order chi connectivity index (χ1) is 11.0. The number of hydrogen-bond donors (Lipinski definition) is 1. The molecule has 6 heteroatoms. The van der Waals surface area contributed by atoms with Gasteiger partial charge in [-0.25, -0.2) is 4.98 Å². The van der Waals surface area contributed by atoms with Crippen molar-refractivity contribution < 1.29 is 4.79 Å². The molecule has 1 aliphatic heterocycles. The van der Waals surface area contributed by atoms with Crippen LogP contribution in [0.15, 0.2) is 29.3 Å². The Morgan fingerprint density at radius 3 is 2.96 bits per heavy atom. The Morgan fingerprint density at radius 2 is 2.22 bits per heavy atom. The van der Waals surface area contributed by atoms with E-state index >= 15 is 0 Å². The van der Waals surface area contributed by atoms with Gasteiger partial charge in [0.15, 0.2) is 0 Å². The van der Waals surface area contributed by atoms with Gasteiger partial charge in [-0.2, -0.15) is 0 Å². The SMILES string of the molecule is Cc1ccc2ncc(C(=O)N3CCCC(C(C)N)C3)c(=O)n2c1. The number of aromatic nitrogens is 2. The van der Waals surface area contributed by atoms with Gasteiger partial charge in [-0.05, 0) is 44.2 Å². The molecule has 3 rings (SSSR count). The van der Waals surface area contributed by atoms with E-state index in [1.807, 2.05) is 19.9 Å². The van der Waals surface area contributed by atoms with E-state index in [-0.39, 0.29) is 29.0 Å². The van der Waals surface area contributed by atoms with Crippen LogP contribution in [0.2, 0.25) is 0 Å². The molecular formula is C17H22N4O2. The molecule has 1 amide bonds. The van der Waals surface area contributed by atoms with Crippen LogP contribution in [-0.4, -0.2) is 39.3 Å². The molecule has 3 heterocycles. The fourth-order valence-electron chi connectivity index (χ4n) is 3.12. The van der Waals surface area contributed by atoms with E-state index in [2.05, 4.69) is 4.98 Å². The van der Waals surface area contributed by atoms with Crippen molar-refractivity contribution in [1.29, 1.82) is 0 Å². The molecule has 1 saturated heterocycles. The topological polar surface area (TPSA) is 80.7 Å².